The van der Waals surface area contributed by atoms with Crippen LogP contribution in [0.3, 0.4) is 0 Å². The fourth-order valence-electron chi connectivity index (χ4n) is 4.04. The van der Waals surface area contributed by atoms with Gasteiger partial charge in [0.05, 0.1) is 6.04 Å². The van der Waals surface area contributed by atoms with Gasteiger partial charge in [-0.25, -0.2) is 0 Å². The van der Waals surface area contributed by atoms with Crippen LogP contribution in [0.2, 0.25) is 0 Å². The van der Waals surface area contributed by atoms with E-state index in [0.29, 0.717) is 19.5 Å². The first kappa shape index (κ1) is 17.8. The van der Waals surface area contributed by atoms with Gasteiger partial charge in [0.15, 0.2) is 0 Å². The molecule has 1 fully saturated rings. The van der Waals surface area contributed by atoms with Gasteiger partial charge >= 0.3 is 0 Å². The van der Waals surface area contributed by atoms with Crippen molar-refractivity contribution in [1.82, 2.24) is 14.8 Å². The molecule has 1 saturated heterocycles. The fraction of sp³-hybridized carbons (Fsp3) is 0.348. The lowest BCUT2D eigenvalue weighted by Crippen LogP contribution is -2.37. The summed E-state index contributed by atoms with van der Waals surface area (Å²) >= 11 is 0. The molecule has 4 nitrogen and oxygen atoms in total. The summed E-state index contributed by atoms with van der Waals surface area (Å²) in [5.41, 5.74) is 2.47. The molecule has 1 amide bonds. The molecular formula is C23H27N3O. The molecule has 2 aromatic carbocycles. The van der Waals surface area contributed by atoms with Gasteiger partial charge in [-0.05, 0) is 49.0 Å². The highest BCUT2D eigenvalue weighted by Crippen LogP contribution is 2.24. The largest absolute Gasteiger partial charge is 0.354 e. The number of amides is 1. The molecular weight excluding hydrogens is 334 g/mol. The first-order valence-electron chi connectivity index (χ1n) is 9.91. The lowest BCUT2D eigenvalue weighted by Gasteiger charge is -2.28. The number of aryl methyl sites for hydroxylation is 1. The summed E-state index contributed by atoms with van der Waals surface area (Å²) in [5.74, 6) is 0.118. The zero-order valence-electron chi connectivity index (χ0n) is 15.7. The van der Waals surface area contributed by atoms with Crippen LogP contribution in [0.4, 0.5) is 0 Å². The minimum absolute atomic E-state index is 0.118. The number of hydrogen-bond acceptors (Lipinski definition) is 2. The second-order valence-electron chi connectivity index (χ2n) is 7.29. The van der Waals surface area contributed by atoms with Gasteiger partial charge < -0.3 is 9.88 Å². The second-order valence-corrected chi connectivity index (χ2v) is 7.29. The average molecular weight is 361 g/mol. The topological polar surface area (TPSA) is 37.3 Å². The zero-order chi connectivity index (χ0) is 18.5. The predicted molar refractivity (Wildman–Crippen MR) is 110 cm³/mol. The lowest BCUT2D eigenvalue weighted by atomic mass is 10.1. The Balaban J connectivity index is 1.35. The summed E-state index contributed by atoms with van der Waals surface area (Å²) in [6.07, 6.45) is 5.06. The van der Waals surface area contributed by atoms with Crippen LogP contribution in [0.1, 0.15) is 30.9 Å². The Bertz CT molecular complexity index is 881. The van der Waals surface area contributed by atoms with Crippen molar-refractivity contribution in [3.63, 3.8) is 0 Å². The molecule has 0 spiro atoms. The van der Waals surface area contributed by atoms with Gasteiger partial charge in [-0.15, -0.1) is 0 Å². The van der Waals surface area contributed by atoms with Crippen LogP contribution < -0.4 is 5.32 Å². The third-order valence-electron chi connectivity index (χ3n) is 5.52. The molecule has 1 aliphatic rings. The molecule has 0 bridgehead atoms. The molecule has 3 aromatic rings. The molecule has 1 N–H and O–H groups in total. The third kappa shape index (κ3) is 4.22. The summed E-state index contributed by atoms with van der Waals surface area (Å²) in [6, 6.07) is 21.2. The number of carbonyl (C=O) groups excluding carboxylic acids is 1. The van der Waals surface area contributed by atoms with E-state index in [-0.39, 0.29) is 11.9 Å². The van der Waals surface area contributed by atoms with Gasteiger partial charge in [0.1, 0.15) is 0 Å². The maximum Gasteiger partial charge on any atom is 0.221 e. The van der Waals surface area contributed by atoms with Crippen LogP contribution in [-0.4, -0.2) is 35.0 Å². The number of likely N-dealkylation sites (tertiary alicyclic amines) is 1. The summed E-state index contributed by atoms with van der Waals surface area (Å²) in [4.78, 5) is 15.0. The highest BCUT2D eigenvalue weighted by molar-refractivity contribution is 5.80. The molecule has 2 heterocycles. The summed E-state index contributed by atoms with van der Waals surface area (Å²) in [6.45, 7) is 3.61. The average Bonchev–Trinajstić information content (AvgIpc) is 3.38. The first-order chi connectivity index (χ1) is 13.3. The van der Waals surface area contributed by atoms with Gasteiger partial charge in [-0.3, -0.25) is 9.69 Å². The summed E-state index contributed by atoms with van der Waals surface area (Å²) in [7, 11) is 0. The predicted octanol–water partition coefficient (Wildman–Crippen LogP) is 3.98. The van der Waals surface area contributed by atoms with Crippen LogP contribution in [0.15, 0.2) is 66.9 Å². The molecule has 4 rings (SSSR count). The van der Waals surface area contributed by atoms with E-state index in [1.54, 1.807) is 0 Å². The Kier molecular flexibility index (Phi) is 5.54. The van der Waals surface area contributed by atoms with Crippen LogP contribution in [0.25, 0.3) is 10.9 Å². The van der Waals surface area contributed by atoms with Crippen molar-refractivity contribution in [3.8, 4) is 0 Å². The van der Waals surface area contributed by atoms with E-state index in [1.165, 1.54) is 29.3 Å². The fourth-order valence-corrected chi connectivity index (χ4v) is 4.04. The Morgan fingerprint density at radius 2 is 1.70 bits per heavy atom. The Morgan fingerprint density at radius 1 is 0.963 bits per heavy atom. The van der Waals surface area contributed by atoms with Gasteiger partial charge in [-0.2, -0.15) is 0 Å². The SMILES string of the molecule is O=C(CCn1ccc2ccccc21)NCC(c1ccccc1)N1CCCC1. The molecule has 1 atom stereocenters. The van der Waals surface area contributed by atoms with E-state index in [0.717, 1.165) is 13.1 Å². The third-order valence-corrected chi connectivity index (χ3v) is 5.52. The van der Waals surface area contributed by atoms with Gasteiger partial charge in [0, 0.05) is 31.2 Å². The molecule has 0 aliphatic carbocycles. The van der Waals surface area contributed by atoms with Gasteiger partial charge in [-0.1, -0.05) is 48.5 Å². The molecule has 140 valence electrons. The van der Waals surface area contributed by atoms with Gasteiger partial charge in [0.25, 0.3) is 0 Å². The normalized spacial score (nSPS) is 15.9. The van der Waals surface area contributed by atoms with E-state index >= 15 is 0 Å². The zero-order valence-corrected chi connectivity index (χ0v) is 15.7. The van der Waals surface area contributed by atoms with E-state index in [9.17, 15) is 4.79 Å². The molecule has 0 radical (unpaired) electrons. The van der Waals surface area contributed by atoms with Crippen molar-refractivity contribution >= 4 is 16.8 Å². The minimum atomic E-state index is 0.118. The van der Waals surface area contributed by atoms with E-state index in [1.807, 2.05) is 18.2 Å². The molecule has 27 heavy (non-hydrogen) atoms. The summed E-state index contributed by atoms with van der Waals surface area (Å²) < 4.78 is 2.16. The molecule has 1 aliphatic heterocycles. The maximum absolute atomic E-state index is 12.5. The highest BCUT2D eigenvalue weighted by atomic mass is 16.1. The monoisotopic (exact) mass is 361 g/mol. The minimum Gasteiger partial charge on any atom is -0.354 e. The summed E-state index contributed by atoms with van der Waals surface area (Å²) in [5, 5.41) is 4.39. The van der Waals surface area contributed by atoms with Crippen molar-refractivity contribution in [2.24, 2.45) is 0 Å². The molecule has 1 unspecified atom stereocenters. The molecule has 4 heteroatoms. The van der Waals surface area contributed by atoms with E-state index < -0.39 is 0 Å². The molecule has 0 saturated carbocycles. The van der Waals surface area contributed by atoms with Crippen molar-refractivity contribution in [3.05, 3.63) is 72.4 Å². The lowest BCUT2D eigenvalue weighted by molar-refractivity contribution is -0.121. The van der Waals surface area contributed by atoms with Crippen LogP contribution >= 0.6 is 0 Å². The number of nitrogens with one attached hydrogen (secondary N) is 1. The first-order valence-corrected chi connectivity index (χ1v) is 9.91. The number of rotatable bonds is 7. The van der Waals surface area contributed by atoms with E-state index in [2.05, 4.69) is 63.4 Å². The quantitative estimate of drug-likeness (QED) is 0.691. The van der Waals surface area contributed by atoms with E-state index in [4.69, 9.17) is 0 Å². The number of para-hydroxylation sites is 1. The van der Waals surface area contributed by atoms with Crippen molar-refractivity contribution in [2.75, 3.05) is 19.6 Å². The Morgan fingerprint density at radius 3 is 2.52 bits per heavy atom. The molecule has 1 aromatic heterocycles. The number of fused-ring (bicyclic) bond motifs is 1. The highest BCUT2D eigenvalue weighted by Gasteiger charge is 2.23. The number of nitrogens with zero attached hydrogens (tertiary/aromatic N) is 2. The number of carbonyl (C=O) groups is 1. The van der Waals surface area contributed by atoms with Crippen LogP contribution in [0, 0.1) is 0 Å². The van der Waals surface area contributed by atoms with Gasteiger partial charge in [0.2, 0.25) is 5.91 Å². The Labute approximate surface area is 160 Å². The number of hydrogen-bond donors (Lipinski definition) is 1. The Hall–Kier alpha value is -2.59. The number of benzene rings is 2. The van der Waals surface area contributed by atoms with Crippen molar-refractivity contribution < 1.29 is 4.79 Å². The standard InChI is InChI=1S/C23H27N3O/c27-23(13-17-26-16-12-20-10-4-5-11-21(20)26)24-18-22(25-14-6-7-15-25)19-8-2-1-3-9-19/h1-5,8-12,16,22H,6-7,13-15,17-18H2,(H,24,27). The second kappa shape index (κ2) is 8.40. The van der Waals surface area contributed by atoms with Crippen LogP contribution in [-0.2, 0) is 11.3 Å². The number of aromatic nitrogens is 1. The smallest absolute Gasteiger partial charge is 0.221 e. The van der Waals surface area contributed by atoms with Crippen molar-refractivity contribution in [2.45, 2.75) is 31.8 Å². The van der Waals surface area contributed by atoms with Crippen molar-refractivity contribution in [1.29, 1.82) is 0 Å². The van der Waals surface area contributed by atoms with Crippen LogP contribution in [0.5, 0.6) is 0 Å². The maximum atomic E-state index is 12.5.